The van der Waals surface area contributed by atoms with Gasteiger partial charge in [-0.15, -0.1) is 11.6 Å². The molecule has 0 saturated heterocycles. The molecular formula is C12H12ClF2NO. The predicted molar refractivity (Wildman–Crippen MR) is 60.9 cm³/mol. The van der Waals surface area contributed by atoms with Crippen LogP contribution in [0.15, 0.2) is 18.2 Å². The van der Waals surface area contributed by atoms with Gasteiger partial charge in [-0.05, 0) is 30.9 Å². The lowest BCUT2D eigenvalue weighted by atomic mass is 10.0. The third-order valence-electron chi connectivity index (χ3n) is 2.92. The van der Waals surface area contributed by atoms with Crippen LogP contribution < -0.4 is 5.32 Å². The molecule has 1 amide bonds. The summed E-state index contributed by atoms with van der Waals surface area (Å²) >= 11 is 5.41. The molecule has 2 nitrogen and oxygen atoms in total. The molecule has 0 unspecified atom stereocenters. The minimum atomic E-state index is -0.596. The van der Waals surface area contributed by atoms with Crippen molar-refractivity contribution in [1.29, 1.82) is 0 Å². The van der Waals surface area contributed by atoms with Gasteiger partial charge in [0.15, 0.2) is 0 Å². The van der Waals surface area contributed by atoms with E-state index in [2.05, 4.69) is 5.32 Å². The fourth-order valence-electron chi connectivity index (χ4n) is 1.86. The zero-order valence-corrected chi connectivity index (χ0v) is 9.86. The first-order chi connectivity index (χ1) is 8.04. The number of nitrogens with one attached hydrogen (secondary N) is 1. The van der Waals surface area contributed by atoms with Gasteiger partial charge in [-0.2, -0.15) is 0 Å². The summed E-state index contributed by atoms with van der Waals surface area (Å²) in [5.74, 6) is -1.53. The molecule has 5 heteroatoms. The van der Waals surface area contributed by atoms with E-state index in [1.807, 2.05) is 0 Å². The van der Waals surface area contributed by atoms with Crippen LogP contribution in [-0.2, 0) is 11.2 Å². The molecule has 1 fully saturated rings. The van der Waals surface area contributed by atoms with Crippen molar-refractivity contribution in [1.82, 2.24) is 5.32 Å². The first-order valence-electron chi connectivity index (χ1n) is 5.36. The number of rotatable bonds is 4. The molecular weight excluding hydrogens is 248 g/mol. The minimum absolute atomic E-state index is 0.104. The molecule has 1 aliphatic rings. The molecule has 1 aromatic carbocycles. The van der Waals surface area contributed by atoms with Crippen LogP contribution in [0.25, 0.3) is 0 Å². The van der Waals surface area contributed by atoms with Crippen molar-refractivity contribution in [2.24, 2.45) is 0 Å². The molecule has 1 N–H and O–H groups in total. The summed E-state index contributed by atoms with van der Waals surface area (Å²) in [7, 11) is 0. The fraction of sp³-hybridized carbons (Fsp3) is 0.417. The molecule has 2 rings (SSSR count). The summed E-state index contributed by atoms with van der Waals surface area (Å²) < 4.78 is 26.2. The van der Waals surface area contributed by atoms with Gasteiger partial charge in [0, 0.05) is 11.6 Å². The highest BCUT2D eigenvalue weighted by Crippen LogP contribution is 2.39. The van der Waals surface area contributed by atoms with Gasteiger partial charge in [0.2, 0.25) is 5.91 Å². The van der Waals surface area contributed by atoms with Crippen molar-refractivity contribution < 1.29 is 13.6 Å². The first kappa shape index (κ1) is 12.3. The molecule has 0 radical (unpaired) electrons. The number of halogens is 3. The summed E-state index contributed by atoms with van der Waals surface area (Å²) in [5.41, 5.74) is 0.0312. The third kappa shape index (κ3) is 2.94. The lowest BCUT2D eigenvalue weighted by Gasteiger charge is -2.17. The number of carbonyl (C=O) groups excluding carboxylic acids is 1. The molecule has 1 aliphatic carbocycles. The van der Waals surface area contributed by atoms with Gasteiger partial charge in [-0.25, -0.2) is 8.78 Å². The SMILES string of the molecule is O=C(CCl)NC1(Cc2ccc(F)cc2F)CC1. The molecule has 92 valence electrons. The van der Waals surface area contributed by atoms with E-state index in [1.54, 1.807) is 0 Å². The maximum absolute atomic E-state index is 13.4. The quantitative estimate of drug-likeness (QED) is 0.827. The molecule has 0 bridgehead atoms. The number of carbonyl (C=O) groups is 1. The monoisotopic (exact) mass is 259 g/mol. The summed E-state index contributed by atoms with van der Waals surface area (Å²) in [5, 5.41) is 2.78. The van der Waals surface area contributed by atoms with E-state index in [0.717, 1.165) is 18.9 Å². The van der Waals surface area contributed by atoms with Crippen LogP contribution in [-0.4, -0.2) is 17.3 Å². The van der Waals surface area contributed by atoms with E-state index in [9.17, 15) is 13.6 Å². The molecule has 0 atom stereocenters. The van der Waals surface area contributed by atoms with Crippen molar-refractivity contribution in [2.75, 3.05) is 5.88 Å². The van der Waals surface area contributed by atoms with Crippen molar-refractivity contribution in [3.8, 4) is 0 Å². The van der Waals surface area contributed by atoms with Crippen LogP contribution in [0.5, 0.6) is 0 Å². The van der Waals surface area contributed by atoms with Gasteiger partial charge < -0.3 is 5.32 Å². The standard InChI is InChI=1S/C12H12ClF2NO/c13-7-11(17)16-12(3-4-12)6-8-1-2-9(14)5-10(8)15/h1-2,5H,3-4,6-7H2,(H,16,17). The fourth-order valence-corrected chi connectivity index (χ4v) is 1.92. The van der Waals surface area contributed by atoms with E-state index >= 15 is 0 Å². The second-order valence-electron chi connectivity index (χ2n) is 4.37. The second-order valence-corrected chi connectivity index (χ2v) is 4.64. The van der Waals surface area contributed by atoms with Crippen LogP contribution in [0.4, 0.5) is 8.78 Å². The van der Waals surface area contributed by atoms with E-state index < -0.39 is 11.6 Å². The van der Waals surface area contributed by atoms with E-state index in [-0.39, 0.29) is 17.3 Å². The highest BCUT2D eigenvalue weighted by atomic mass is 35.5. The zero-order chi connectivity index (χ0) is 12.5. The van der Waals surface area contributed by atoms with Gasteiger partial charge in [0.25, 0.3) is 0 Å². The second kappa shape index (κ2) is 4.61. The van der Waals surface area contributed by atoms with Gasteiger partial charge in [0.05, 0.1) is 0 Å². The minimum Gasteiger partial charge on any atom is -0.349 e. The average Bonchev–Trinajstić information content (AvgIpc) is 3.02. The Hall–Kier alpha value is -1.16. The Balaban J connectivity index is 2.08. The van der Waals surface area contributed by atoms with E-state index in [0.29, 0.717) is 12.0 Å². The van der Waals surface area contributed by atoms with Crippen LogP contribution in [0, 0.1) is 11.6 Å². The number of amides is 1. The summed E-state index contributed by atoms with van der Waals surface area (Å²) in [6.07, 6.45) is 1.97. The molecule has 17 heavy (non-hydrogen) atoms. The molecule has 0 aromatic heterocycles. The summed E-state index contributed by atoms with van der Waals surface area (Å²) in [6.45, 7) is 0. The van der Waals surface area contributed by atoms with Gasteiger partial charge in [-0.1, -0.05) is 6.07 Å². The van der Waals surface area contributed by atoms with Gasteiger partial charge in [0.1, 0.15) is 17.5 Å². The summed E-state index contributed by atoms with van der Waals surface area (Å²) in [6, 6.07) is 3.49. The topological polar surface area (TPSA) is 29.1 Å². The Bertz CT molecular complexity index is 446. The Morgan fingerprint density at radius 1 is 1.41 bits per heavy atom. The van der Waals surface area contributed by atoms with Crippen LogP contribution in [0.1, 0.15) is 18.4 Å². The normalized spacial score (nSPS) is 16.6. The zero-order valence-electron chi connectivity index (χ0n) is 9.10. The predicted octanol–water partition coefficient (Wildman–Crippen LogP) is 2.39. The molecule has 1 aromatic rings. The van der Waals surface area contributed by atoms with Crippen LogP contribution >= 0.6 is 11.6 Å². The first-order valence-corrected chi connectivity index (χ1v) is 5.89. The van der Waals surface area contributed by atoms with Crippen molar-refractivity contribution >= 4 is 17.5 Å². The van der Waals surface area contributed by atoms with Crippen molar-refractivity contribution in [2.45, 2.75) is 24.8 Å². The molecule has 0 heterocycles. The van der Waals surface area contributed by atoms with Crippen molar-refractivity contribution in [3.63, 3.8) is 0 Å². The molecule has 1 saturated carbocycles. The van der Waals surface area contributed by atoms with Gasteiger partial charge >= 0.3 is 0 Å². The van der Waals surface area contributed by atoms with E-state index in [4.69, 9.17) is 11.6 Å². The molecule has 0 aliphatic heterocycles. The Kier molecular flexibility index (Phi) is 3.33. The number of hydrogen-bond acceptors (Lipinski definition) is 1. The molecule has 0 spiro atoms. The number of benzene rings is 1. The third-order valence-corrected chi connectivity index (χ3v) is 3.17. The van der Waals surface area contributed by atoms with Crippen LogP contribution in [0.3, 0.4) is 0 Å². The van der Waals surface area contributed by atoms with Crippen molar-refractivity contribution in [3.05, 3.63) is 35.4 Å². The van der Waals surface area contributed by atoms with Crippen LogP contribution in [0.2, 0.25) is 0 Å². The van der Waals surface area contributed by atoms with E-state index in [1.165, 1.54) is 12.1 Å². The Labute approximate surface area is 103 Å². The summed E-state index contributed by atoms with van der Waals surface area (Å²) in [4.78, 5) is 11.2. The maximum Gasteiger partial charge on any atom is 0.235 e. The van der Waals surface area contributed by atoms with Gasteiger partial charge in [-0.3, -0.25) is 4.79 Å². The smallest absolute Gasteiger partial charge is 0.235 e. The maximum atomic E-state index is 13.4. The Morgan fingerprint density at radius 3 is 2.65 bits per heavy atom. The number of hydrogen-bond donors (Lipinski definition) is 1. The highest BCUT2D eigenvalue weighted by Gasteiger charge is 2.44. The largest absolute Gasteiger partial charge is 0.349 e. The Morgan fingerprint density at radius 2 is 2.12 bits per heavy atom. The lowest BCUT2D eigenvalue weighted by Crippen LogP contribution is -2.39. The average molecular weight is 260 g/mol. The lowest BCUT2D eigenvalue weighted by molar-refractivity contribution is -0.119. The number of alkyl halides is 1. The highest BCUT2D eigenvalue weighted by molar-refractivity contribution is 6.27.